The molecular weight excluding hydrogens is 322 g/mol. The highest BCUT2D eigenvalue weighted by atomic mass is 79.9. The third-order valence-corrected chi connectivity index (χ3v) is 4.27. The molecule has 3 rings (SSSR count). The van der Waals surface area contributed by atoms with Crippen molar-refractivity contribution in [3.63, 3.8) is 0 Å². The number of fused-ring (bicyclic) bond motifs is 1. The van der Waals surface area contributed by atoms with Crippen molar-refractivity contribution in [2.45, 2.75) is 20.3 Å². The van der Waals surface area contributed by atoms with Gasteiger partial charge in [-0.1, -0.05) is 49.4 Å². The fourth-order valence-electron chi connectivity index (χ4n) is 2.10. The maximum atomic E-state index is 4.58. The van der Waals surface area contributed by atoms with Crippen molar-refractivity contribution in [1.29, 1.82) is 0 Å². The largest absolute Gasteiger partial charge is 0.217 e. The first-order valence-electron chi connectivity index (χ1n) is 6.23. The lowest BCUT2D eigenvalue weighted by Crippen LogP contribution is -1.93. The van der Waals surface area contributed by atoms with E-state index in [1.165, 1.54) is 16.9 Å². The maximum absolute atomic E-state index is 4.58. The molecule has 5 heteroatoms. The second-order valence-corrected chi connectivity index (χ2v) is 7.24. The minimum absolute atomic E-state index is 0.686. The van der Waals surface area contributed by atoms with Crippen molar-refractivity contribution in [2.24, 2.45) is 5.92 Å². The van der Waals surface area contributed by atoms with E-state index in [1.54, 1.807) is 0 Å². The number of benzene rings is 1. The van der Waals surface area contributed by atoms with Crippen molar-refractivity contribution in [2.75, 3.05) is 0 Å². The number of nitrogens with zero attached hydrogens (tertiary/aromatic N) is 3. The zero-order chi connectivity index (χ0) is 13.4. The summed E-state index contributed by atoms with van der Waals surface area (Å²) in [6.07, 6.45) is 3.08. The monoisotopic (exact) mass is 335 g/mol. The van der Waals surface area contributed by atoms with Crippen molar-refractivity contribution < 1.29 is 0 Å². The average molecular weight is 336 g/mol. The Bertz CT molecular complexity index is 666. The molecule has 0 aliphatic carbocycles. The Morgan fingerprint density at radius 3 is 2.63 bits per heavy atom. The van der Waals surface area contributed by atoms with Gasteiger partial charge in [-0.2, -0.15) is 0 Å². The van der Waals surface area contributed by atoms with Crippen LogP contribution in [0.4, 0.5) is 0 Å². The van der Waals surface area contributed by atoms with Gasteiger partial charge in [0.05, 0.1) is 11.9 Å². The van der Waals surface area contributed by atoms with Gasteiger partial charge in [0.1, 0.15) is 0 Å². The molecule has 0 aliphatic rings. The van der Waals surface area contributed by atoms with Crippen LogP contribution < -0.4 is 0 Å². The predicted molar refractivity (Wildman–Crippen MR) is 82.5 cm³/mol. The summed E-state index contributed by atoms with van der Waals surface area (Å²) < 4.78 is 2.67. The van der Waals surface area contributed by atoms with E-state index in [1.807, 2.05) is 10.7 Å². The van der Waals surface area contributed by atoms with Gasteiger partial charge in [0.15, 0.2) is 3.92 Å². The molecule has 0 saturated heterocycles. The molecule has 3 aromatic rings. The summed E-state index contributed by atoms with van der Waals surface area (Å²) >= 11 is 4.90. The van der Waals surface area contributed by atoms with Gasteiger partial charge in [-0.25, -0.2) is 9.50 Å². The number of rotatable bonds is 3. The molecule has 0 unspecified atom stereocenters. The minimum atomic E-state index is 0.686. The highest BCUT2D eigenvalue weighted by Crippen LogP contribution is 2.25. The Morgan fingerprint density at radius 1 is 1.26 bits per heavy atom. The number of halogens is 1. The van der Waals surface area contributed by atoms with Gasteiger partial charge in [-0.15, -0.1) is 5.10 Å². The normalized spacial score (nSPS) is 11.6. The van der Waals surface area contributed by atoms with Crippen LogP contribution in [0.2, 0.25) is 0 Å². The van der Waals surface area contributed by atoms with E-state index in [0.29, 0.717) is 5.92 Å². The lowest BCUT2D eigenvalue weighted by Gasteiger charge is -2.05. The Morgan fingerprint density at radius 2 is 2.00 bits per heavy atom. The molecule has 2 heterocycles. The van der Waals surface area contributed by atoms with E-state index in [9.17, 15) is 0 Å². The molecule has 0 aliphatic heterocycles. The lowest BCUT2D eigenvalue weighted by atomic mass is 10.0. The minimum Gasteiger partial charge on any atom is -0.217 e. The van der Waals surface area contributed by atoms with Crippen LogP contribution >= 0.6 is 27.3 Å². The summed E-state index contributed by atoms with van der Waals surface area (Å²) in [6, 6.07) is 8.65. The Balaban J connectivity index is 1.90. The van der Waals surface area contributed by atoms with Crippen LogP contribution in [0, 0.1) is 5.92 Å². The van der Waals surface area contributed by atoms with Gasteiger partial charge in [0.25, 0.3) is 0 Å². The van der Waals surface area contributed by atoms with Gasteiger partial charge in [-0.3, -0.25) is 0 Å². The highest BCUT2D eigenvalue weighted by Gasteiger charge is 2.08. The molecule has 0 saturated carbocycles. The summed E-state index contributed by atoms with van der Waals surface area (Å²) in [4.78, 5) is 5.49. The summed E-state index contributed by atoms with van der Waals surface area (Å²) in [5.41, 5.74) is 3.49. The standard InChI is InChI=1S/C14H14BrN3S/c1-9(2)7-10-3-5-11(6-4-10)12-8-18-14(16-12)19-13(15)17-18/h3-6,8-9H,7H2,1-2H3. The van der Waals surface area contributed by atoms with Crippen LogP contribution in [0.25, 0.3) is 16.2 Å². The summed E-state index contributed by atoms with van der Waals surface area (Å²) in [5, 5.41) is 4.31. The molecule has 98 valence electrons. The Labute approximate surface area is 124 Å². The first-order valence-corrected chi connectivity index (χ1v) is 7.84. The molecule has 0 fully saturated rings. The molecule has 0 radical (unpaired) electrons. The molecule has 1 aromatic carbocycles. The Kier molecular flexibility index (Phi) is 3.41. The fraction of sp³-hybridized carbons (Fsp3) is 0.286. The number of aromatic nitrogens is 3. The number of imidazole rings is 1. The average Bonchev–Trinajstić information content (AvgIpc) is 2.86. The highest BCUT2D eigenvalue weighted by molar-refractivity contribution is 9.11. The molecule has 2 aromatic heterocycles. The van der Waals surface area contributed by atoms with E-state index in [0.717, 1.165) is 26.6 Å². The Hall–Kier alpha value is -1.20. The zero-order valence-corrected chi connectivity index (χ0v) is 13.2. The van der Waals surface area contributed by atoms with Gasteiger partial charge in [0, 0.05) is 5.56 Å². The van der Waals surface area contributed by atoms with Crippen molar-refractivity contribution in [3.8, 4) is 11.3 Å². The second kappa shape index (κ2) is 5.06. The van der Waals surface area contributed by atoms with Gasteiger partial charge < -0.3 is 0 Å². The molecule has 0 N–H and O–H groups in total. The van der Waals surface area contributed by atoms with Crippen LogP contribution in [0.5, 0.6) is 0 Å². The van der Waals surface area contributed by atoms with E-state index >= 15 is 0 Å². The first-order chi connectivity index (χ1) is 9.11. The van der Waals surface area contributed by atoms with E-state index in [2.05, 4.69) is 64.1 Å². The van der Waals surface area contributed by atoms with Gasteiger partial charge >= 0.3 is 0 Å². The quantitative estimate of drug-likeness (QED) is 0.709. The van der Waals surface area contributed by atoms with E-state index in [-0.39, 0.29) is 0 Å². The maximum Gasteiger partial charge on any atom is 0.213 e. The van der Waals surface area contributed by atoms with E-state index < -0.39 is 0 Å². The summed E-state index contributed by atoms with van der Waals surface area (Å²) in [5.74, 6) is 0.686. The topological polar surface area (TPSA) is 30.2 Å². The van der Waals surface area contributed by atoms with Crippen molar-refractivity contribution in [1.82, 2.24) is 14.6 Å². The van der Waals surface area contributed by atoms with Gasteiger partial charge in [0.2, 0.25) is 4.96 Å². The molecule has 3 nitrogen and oxygen atoms in total. The number of hydrogen-bond acceptors (Lipinski definition) is 3. The molecule has 0 spiro atoms. The van der Waals surface area contributed by atoms with Crippen LogP contribution in [-0.4, -0.2) is 14.6 Å². The van der Waals surface area contributed by atoms with Crippen molar-refractivity contribution in [3.05, 3.63) is 39.9 Å². The lowest BCUT2D eigenvalue weighted by molar-refractivity contribution is 0.647. The molecular formula is C14H14BrN3S. The summed E-state index contributed by atoms with van der Waals surface area (Å²) in [7, 11) is 0. The molecule has 0 bridgehead atoms. The van der Waals surface area contributed by atoms with Crippen LogP contribution in [0.15, 0.2) is 34.4 Å². The first kappa shape index (κ1) is 12.8. The SMILES string of the molecule is CC(C)Cc1ccc(-c2cn3nc(Br)sc3n2)cc1. The third kappa shape index (κ3) is 2.72. The predicted octanol–water partition coefficient (Wildman–Crippen LogP) is 4.42. The fourth-order valence-corrected chi connectivity index (χ4v) is 3.31. The summed E-state index contributed by atoms with van der Waals surface area (Å²) in [6.45, 7) is 4.47. The smallest absolute Gasteiger partial charge is 0.213 e. The zero-order valence-electron chi connectivity index (χ0n) is 10.8. The molecule has 19 heavy (non-hydrogen) atoms. The van der Waals surface area contributed by atoms with Crippen LogP contribution in [0.3, 0.4) is 0 Å². The number of hydrogen-bond donors (Lipinski definition) is 0. The van der Waals surface area contributed by atoms with Crippen molar-refractivity contribution >= 4 is 32.2 Å². The van der Waals surface area contributed by atoms with E-state index in [4.69, 9.17) is 0 Å². The molecule has 0 amide bonds. The van der Waals surface area contributed by atoms with Gasteiger partial charge in [-0.05, 0) is 33.8 Å². The molecule has 0 atom stereocenters. The van der Waals surface area contributed by atoms with Crippen LogP contribution in [0.1, 0.15) is 19.4 Å². The second-order valence-electron chi connectivity index (χ2n) is 5.00. The van der Waals surface area contributed by atoms with Crippen LogP contribution in [-0.2, 0) is 6.42 Å². The third-order valence-electron chi connectivity index (χ3n) is 2.91.